The van der Waals surface area contributed by atoms with Crippen molar-refractivity contribution in [3.05, 3.63) is 35.9 Å². The first-order valence-corrected chi connectivity index (χ1v) is 6.70. The molecule has 98 valence electrons. The molecule has 0 radical (unpaired) electrons. The number of rotatable bonds is 5. The van der Waals surface area contributed by atoms with Crippen LogP contribution >= 0.6 is 0 Å². The van der Waals surface area contributed by atoms with Gasteiger partial charge in [0.2, 0.25) is 5.91 Å². The van der Waals surface area contributed by atoms with Crippen molar-refractivity contribution < 1.29 is 4.79 Å². The normalized spacial score (nSPS) is 16.7. The molecule has 1 amide bonds. The van der Waals surface area contributed by atoms with Gasteiger partial charge in [0.25, 0.3) is 0 Å². The Labute approximate surface area is 109 Å². The summed E-state index contributed by atoms with van der Waals surface area (Å²) < 4.78 is 0. The van der Waals surface area contributed by atoms with Gasteiger partial charge in [0.05, 0.1) is 0 Å². The molecule has 0 aromatic heterocycles. The van der Waals surface area contributed by atoms with Crippen molar-refractivity contribution >= 4 is 5.91 Å². The summed E-state index contributed by atoms with van der Waals surface area (Å²) in [5.74, 6) is 0.551. The van der Waals surface area contributed by atoms with E-state index in [0.29, 0.717) is 12.0 Å². The van der Waals surface area contributed by atoms with E-state index in [2.05, 4.69) is 13.8 Å². The number of nitrogens with zero attached hydrogens (tertiary/aromatic N) is 1. The van der Waals surface area contributed by atoms with Crippen LogP contribution in [0.15, 0.2) is 30.3 Å². The van der Waals surface area contributed by atoms with E-state index >= 15 is 0 Å². The monoisotopic (exact) mass is 246 g/mol. The molecule has 0 spiro atoms. The summed E-state index contributed by atoms with van der Waals surface area (Å²) in [7, 11) is 0. The zero-order valence-electron chi connectivity index (χ0n) is 11.2. The quantitative estimate of drug-likeness (QED) is 0.866. The van der Waals surface area contributed by atoms with Crippen LogP contribution in [0.1, 0.15) is 38.3 Å². The Morgan fingerprint density at radius 1 is 1.33 bits per heavy atom. The second-order valence-electron chi connectivity index (χ2n) is 5.50. The van der Waals surface area contributed by atoms with Crippen LogP contribution in [0.4, 0.5) is 0 Å². The van der Waals surface area contributed by atoms with Gasteiger partial charge in [-0.15, -0.1) is 0 Å². The van der Waals surface area contributed by atoms with E-state index in [0.717, 1.165) is 24.9 Å². The molecule has 18 heavy (non-hydrogen) atoms. The molecular formula is C15H22N2O. The molecular weight excluding hydrogens is 224 g/mol. The number of amides is 1. The van der Waals surface area contributed by atoms with Crippen LogP contribution in [0.3, 0.4) is 0 Å². The van der Waals surface area contributed by atoms with Crippen molar-refractivity contribution in [2.45, 2.75) is 38.8 Å². The number of benzene rings is 1. The Balaban J connectivity index is 2.08. The first kappa shape index (κ1) is 13.1. The lowest BCUT2D eigenvalue weighted by Gasteiger charge is -2.27. The third-order valence-corrected chi connectivity index (χ3v) is 3.26. The molecule has 1 aromatic carbocycles. The van der Waals surface area contributed by atoms with Gasteiger partial charge < -0.3 is 10.6 Å². The average molecular weight is 246 g/mol. The topological polar surface area (TPSA) is 46.3 Å². The van der Waals surface area contributed by atoms with Gasteiger partial charge in [0.1, 0.15) is 6.04 Å². The maximum atomic E-state index is 12.5. The van der Waals surface area contributed by atoms with Crippen LogP contribution in [-0.4, -0.2) is 23.4 Å². The number of hydrogen-bond acceptors (Lipinski definition) is 2. The fourth-order valence-electron chi connectivity index (χ4n) is 2.18. The predicted molar refractivity (Wildman–Crippen MR) is 72.9 cm³/mol. The van der Waals surface area contributed by atoms with E-state index in [-0.39, 0.29) is 5.91 Å². The number of carbonyl (C=O) groups excluding carboxylic acids is 1. The average Bonchev–Trinajstić information content (AvgIpc) is 3.19. The molecule has 1 aliphatic rings. The molecule has 2 N–H and O–H groups in total. The Hall–Kier alpha value is -1.35. The first-order chi connectivity index (χ1) is 8.59. The fraction of sp³-hybridized carbons (Fsp3) is 0.533. The van der Waals surface area contributed by atoms with E-state index < -0.39 is 6.04 Å². The molecule has 3 nitrogen and oxygen atoms in total. The summed E-state index contributed by atoms with van der Waals surface area (Å²) in [4.78, 5) is 14.4. The van der Waals surface area contributed by atoms with Crippen molar-refractivity contribution in [3.8, 4) is 0 Å². The van der Waals surface area contributed by atoms with Crippen LogP contribution in [0.5, 0.6) is 0 Å². The summed E-state index contributed by atoms with van der Waals surface area (Å²) in [5.41, 5.74) is 6.99. The molecule has 1 atom stereocenters. The lowest BCUT2D eigenvalue weighted by atomic mass is 10.1. The highest BCUT2D eigenvalue weighted by atomic mass is 16.2. The maximum absolute atomic E-state index is 12.5. The smallest absolute Gasteiger partial charge is 0.244 e. The minimum atomic E-state index is -0.523. The molecule has 3 heteroatoms. The maximum Gasteiger partial charge on any atom is 0.244 e. The molecule has 0 saturated heterocycles. The Morgan fingerprint density at radius 3 is 2.44 bits per heavy atom. The second kappa shape index (κ2) is 5.53. The van der Waals surface area contributed by atoms with Gasteiger partial charge in [0, 0.05) is 12.6 Å². The third-order valence-electron chi connectivity index (χ3n) is 3.26. The Bertz CT molecular complexity index is 398. The lowest BCUT2D eigenvalue weighted by Crippen LogP contribution is -2.42. The van der Waals surface area contributed by atoms with Gasteiger partial charge in [-0.2, -0.15) is 0 Å². The Morgan fingerprint density at radius 2 is 1.94 bits per heavy atom. The van der Waals surface area contributed by atoms with Crippen molar-refractivity contribution in [2.75, 3.05) is 6.54 Å². The molecule has 1 aromatic rings. The predicted octanol–water partition coefficient (Wildman–Crippen LogP) is 2.33. The van der Waals surface area contributed by atoms with Crippen LogP contribution in [0.25, 0.3) is 0 Å². The van der Waals surface area contributed by atoms with Gasteiger partial charge in [-0.25, -0.2) is 0 Å². The van der Waals surface area contributed by atoms with Crippen LogP contribution in [0, 0.1) is 5.92 Å². The molecule has 1 saturated carbocycles. The number of nitrogens with two attached hydrogens (primary N) is 1. The number of hydrogen-bond donors (Lipinski definition) is 1. The molecule has 0 aliphatic heterocycles. The van der Waals surface area contributed by atoms with E-state index in [4.69, 9.17) is 5.73 Å². The highest BCUT2D eigenvalue weighted by Gasteiger charge is 2.35. The zero-order chi connectivity index (χ0) is 13.1. The molecule has 1 aliphatic carbocycles. The van der Waals surface area contributed by atoms with E-state index in [1.54, 1.807) is 0 Å². The Kier molecular flexibility index (Phi) is 4.02. The standard InChI is InChI=1S/C15H22N2O/c1-11(2)10-17(13-8-9-13)15(18)14(16)12-6-4-3-5-7-12/h3-7,11,13-14H,8-10,16H2,1-2H3. The minimum absolute atomic E-state index is 0.0670. The van der Waals surface area contributed by atoms with Gasteiger partial charge in [-0.3, -0.25) is 4.79 Å². The van der Waals surface area contributed by atoms with Gasteiger partial charge >= 0.3 is 0 Å². The minimum Gasteiger partial charge on any atom is -0.338 e. The summed E-state index contributed by atoms with van der Waals surface area (Å²) in [6.45, 7) is 5.08. The van der Waals surface area contributed by atoms with Crippen LogP contribution in [0.2, 0.25) is 0 Å². The zero-order valence-corrected chi connectivity index (χ0v) is 11.2. The summed E-state index contributed by atoms with van der Waals surface area (Å²) in [6.07, 6.45) is 2.25. The highest BCUT2D eigenvalue weighted by Crippen LogP contribution is 2.29. The summed E-state index contributed by atoms with van der Waals surface area (Å²) in [5, 5.41) is 0. The van der Waals surface area contributed by atoms with E-state index in [1.165, 1.54) is 0 Å². The number of carbonyl (C=O) groups is 1. The van der Waals surface area contributed by atoms with Crippen LogP contribution < -0.4 is 5.73 Å². The van der Waals surface area contributed by atoms with E-state index in [9.17, 15) is 4.79 Å². The van der Waals surface area contributed by atoms with Crippen molar-refractivity contribution in [3.63, 3.8) is 0 Å². The van der Waals surface area contributed by atoms with Crippen LogP contribution in [-0.2, 0) is 4.79 Å². The first-order valence-electron chi connectivity index (χ1n) is 6.70. The molecule has 2 rings (SSSR count). The summed E-state index contributed by atoms with van der Waals surface area (Å²) >= 11 is 0. The van der Waals surface area contributed by atoms with Crippen molar-refractivity contribution in [1.82, 2.24) is 4.90 Å². The van der Waals surface area contributed by atoms with E-state index in [1.807, 2.05) is 35.2 Å². The SMILES string of the molecule is CC(C)CN(C(=O)C(N)c1ccccc1)C1CC1. The van der Waals surface area contributed by atoms with Gasteiger partial charge in [-0.05, 0) is 24.3 Å². The highest BCUT2D eigenvalue weighted by molar-refractivity contribution is 5.83. The van der Waals surface area contributed by atoms with Crippen molar-refractivity contribution in [2.24, 2.45) is 11.7 Å². The molecule has 1 fully saturated rings. The van der Waals surface area contributed by atoms with Gasteiger partial charge in [-0.1, -0.05) is 44.2 Å². The molecule has 1 unspecified atom stereocenters. The largest absolute Gasteiger partial charge is 0.338 e. The lowest BCUT2D eigenvalue weighted by molar-refractivity contribution is -0.133. The molecule has 0 bridgehead atoms. The van der Waals surface area contributed by atoms with Crippen molar-refractivity contribution in [1.29, 1.82) is 0 Å². The molecule has 0 heterocycles. The summed E-state index contributed by atoms with van der Waals surface area (Å²) in [6, 6.07) is 9.53. The second-order valence-corrected chi connectivity index (χ2v) is 5.50. The van der Waals surface area contributed by atoms with Gasteiger partial charge in [0.15, 0.2) is 0 Å². The fourth-order valence-corrected chi connectivity index (χ4v) is 2.18. The third kappa shape index (κ3) is 3.10.